The molecule has 0 bridgehead atoms. The van der Waals surface area contributed by atoms with Crippen molar-refractivity contribution in [1.29, 1.82) is 0 Å². The zero-order valence-electron chi connectivity index (χ0n) is 11.0. The lowest BCUT2D eigenvalue weighted by Crippen LogP contribution is -2.48. The highest BCUT2D eigenvalue weighted by Crippen LogP contribution is 2.17. The maximum atomic E-state index is 11.9. The Bertz CT molecular complexity index is 331. The zero-order valence-corrected chi connectivity index (χ0v) is 11.0. The highest BCUT2D eigenvalue weighted by atomic mass is 16.5. The van der Waals surface area contributed by atoms with E-state index in [-0.39, 0.29) is 6.03 Å². The molecule has 2 heterocycles. The lowest BCUT2D eigenvalue weighted by Gasteiger charge is -2.27. The van der Waals surface area contributed by atoms with E-state index >= 15 is 0 Å². The van der Waals surface area contributed by atoms with Crippen molar-refractivity contribution in [2.75, 3.05) is 45.9 Å². The SMILES string of the molecule is O=C(O)[C@@H]1CCCN1C(=O)NCCN1CCOCC1. The Morgan fingerprint density at radius 1 is 1.26 bits per heavy atom. The smallest absolute Gasteiger partial charge is 0.326 e. The number of carboxylic acids is 1. The highest BCUT2D eigenvalue weighted by molar-refractivity contribution is 5.83. The van der Waals surface area contributed by atoms with Crippen LogP contribution in [0.15, 0.2) is 0 Å². The standard InChI is InChI=1S/C12H21N3O4/c16-11(17)10-2-1-4-15(10)12(18)13-3-5-14-6-8-19-9-7-14/h10H,1-9H2,(H,13,18)(H,16,17)/t10-/m0/s1. The van der Waals surface area contributed by atoms with Crippen LogP contribution in [0.4, 0.5) is 4.79 Å². The van der Waals surface area contributed by atoms with Crippen molar-refractivity contribution in [3.05, 3.63) is 0 Å². The number of hydrogen-bond acceptors (Lipinski definition) is 4. The van der Waals surface area contributed by atoms with Crippen molar-refractivity contribution in [1.82, 2.24) is 15.1 Å². The summed E-state index contributed by atoms with van der Waals surface area (Å²) in [6, 6.07) is -0.929. The number of carbonyl (C=O) groups is 2. The van der Waals surface area contributed by atoms with Gasteiger partial charge in [-0.25, -0.2) is 9.59 Å². The second kappa shape index (κ2) is 6.72. The fourth-order valence-corrected chi connectivity index (χ4v) is 2.51. The maximum absolute atomic E-state index is 11.9. The number of morpholine rings is 1. The first kappa shape index (κ1) is 14.1. The number of rotatable bonds is 4. The van der Waals surface area contributed by atoms with Gasteiger partial charge in [0, 0.05) is 32.7 Å². The molecule has 7 nitrogen and oxygen atoms in total. The number of carbonyl (C=O) groups excluding carboxylic acids is 1. The van der Waals surface area contributed by atoms with Gasteiger partial charge in [0.15, 0.2) is 0 Å². The Morgan fingerprint density at radius 3 is 2.68 bits per heavy atom. The van der Waals surface area contributed by atoms with E-state index in [9.17, 15) is 9.59 Å². The van der Waals surface area contributed by atoms with Gasteiger partial charge in [-0.2, -0.15) is 0 Å². The van der Waals surface area contributed by atoms with Gasteiger partial charge < -0.3 is 20.1 Å². The minimum absolute atomic E-state index is 0.266. The molecule has 2 fully saturated rings. The first-order valence-corrected chi connectivity index (χ1v) is 6.76. The molecule has 0 aromatic heterocycles. The second-order valence-corrected chi connectivity index (χ2v) is 4.88. The van der Waals surface area contributed by atoms with Crippen LogP contribution in [0.3, 0.4) is 0 Å². The molecule has 0 aliphatic carbocycles. The van der Waals surface area contributed by atoms with Crippen LogP contribution in [0.25, 0.3) is 0 Å². The van der Waals surface area contributed by atoms with Crippen LogP contribution in [0.1, 0.15) is 12.8 Å². The summed E-state index contributed by atoms with van der Waals surface area (Å²) < 4.78 is 5.25. The van der Waals surface area contributed by atoms with Crippen LogP contribution in [0, 0.1) is 0 Å². The van der Waals surface area contributed by atoms with Crippen LogP contribution >= 0.6 is 0 Å². The van der Waals surface area contributed by atoms with E-state index in [0.717, 1.165) is 39.3 Å². The molecule has 2 aliphatic rings. The van der Waals surface area contributed by atoms with Crippen LogP contribution < -0.4 is 5.32 Å². The van der Waals surface area contributed by atoms with Crippen LogP contribution in [-0.2, 0) is 9.53 Å². The number of amides is 2. The first-order chi connectivity index (χ1) is 9.18. The molecule has 2 aliphatic heterocycles. The molecule has 108 valence electrons. The predicted molar refractivity (Wildman–Crippen MR) is 68.0 cm³/mol. The minimum Gasteiger partial charge on any atom is -0.480 e. The number of carboxylic acid groups (broad SMARTS) is 1. The van der Waals surface area contributed by atoms with Gasteiger partial charge in [-0.15, -0.1) is 0 Å². The molecule has 2 saturated heterocycles. The summed E-state index contributed by atoms with van der Waals surface area (Å²) in [7, 11) is 0. The van der Waals surface area contributed by atoms with E-state index in [1.807, 2.05) is 0 Å². The number of likely N-dealkylation sites (tertiary alicyclic amines) is 1. The Labute approximate surface area is 112 Å². The average Bonchev–Trinajstić information content (AvgIpc) is 2.89. The molecule has 2 N–H and O–H groups in total. The van der Waals surface area contributed by atoms with Gasteiger partial charge in [0.2, 0.25) is 0 Å². The van der Waals surface area contributed by atoms with Gasteiger partial charge in [-0.3, -0.25) is 4.90 Å². The Kier molecular flexibility index (Phi) is 4.98. The number of urea groups is 1. The Balaban J connectivity index is 1.70. The Morgan fingerprint density at radius 2 is 2.00 bits per heavy atom. The molecule has 0 saturated carbocycles. The largest absolute Gasteiger partial charge is 0.480 e. The number of nitrogens with one attached hydrogen (secondary N) is 1. The number of hydrogen-bond donors (Lipinski definition) is 2. The number of aliphatic carboxylic acids is 1. The Hall–Kier alpha value is -1.34. The van der Waals surface area contributed by atoms with E-state index in [1.54, 1.807) is 0 Å². The summed E-state index contributed by atoms with van der Waals surface area (Å²) >= 11 is 0. The van der Waals surface area contributed by atoms with Gasteiger partial charge in [-0.1, -0.05) is 0 Å². The third-order valence-corrected chi connectivity index (χ3v) is 3.61. The van der Waals surface area contributed by atoms with Gasteiger partial charge in [0.1, 0.15) is 6.04 Å². The molecule has 0 spiro atoms. The van der Waals surface area contributed by atoms with Gasteiger partial charge in [0.05, 0.1) is 13.2 Å². The van der Waals surface area contributed by atoms with Crippen molar-refractivity contribution in [2.24, 2.45) is 0 Å². The summed E-state index contributed by atoms with van der Waals surface area (Å²) in [6.07, 6.45) is 1.31. The normalized spacial score (nSPS) is 24.4. The number of ether oxygens (including phenoxy) is 1. The molecular weight excluding hydrogens is 250 g/mol. The predicted octanol–water partition coefficient (Wildman–Crippen LogP) is -0.423. The summed E-state index contributed by atoms with van der Waals surface area (Å²) in [5.74, 6) is -0.916. The van der Waals surface area contributed by atoms with Gasteiger partial charge >= 0.3 is 12.0 Å². The highest BCUT2D eigenvalue weighted by Gasteiger charge is 2.33. The van der Waals surface area contributed by atoms with Crippen LogP contribution in [0.2, 0.25) is 0 Å². The molecule has 1 atom stereocenters. The summed E-state index contributed by atoms with van der Waals surface area (Å²) in [6.45, 7) is 5.10. The number of nitrogens with zero attached hydrogens (tertiary/aromatic N) is 2. The quantitative estimate of drug-likeness (QED) is 0.725. The molecule has 2 rings (SSSR count). The van der Waals surface area contributed by atoms with Crippen molar-refractivity contribution in [3.63, 3.8) is 0 Å². The molecule has 0 radical (unpaired) electrons. The monoisotopic (exact) mass is 271 g/mol. The van der Waals surface area contributed by atoms with E-state index in [0.29, 0.717) is 19.5 Å². The van der Waals surface area contributed by atoms with E-state index in [4.69, 9.17) is 9.84 Å². The fourth-order valence-electron chi connectivity index (χ4n) is 2.51. The van der Waals surface area contributed by atoms with Crippen LogP contribution in [0.5, 0.6) is 0 Å². The third kappa shape index (κ3) is 3.81. The van der Waals surface area contributed by atoms with E-state index in [1.165, 1.54) is 4.90 Å². The summed E-state index contributed by atoms with van der Waals surface area (Å²) in [4.78, 5) is 26.5. The molecule has 0 aromatic rings. The molecule has 7 heteroatoms. The molecule has 0 unspecified atom stereocenters. The molecule has 2 amide bonds. The lowest BCUT2D eigenvalue weighted by molar-refractivity contribution is -0.141. The first-order valence-electron chi connectivity index (χ1n) is 6.76. The van der Waals surface area contributed by atoms with Crippen molar-refractivity contribution >= 4 is 12.0 Å². The maximum Gasteiger partial charge on any atom is 0.326 e. The fraction of sp³-hybridized carbons (Fsp3) is 0.833. The molecule has 0 aromatic carbocycles. The molecule has 19 heavy (non-hydrogen) atoms. The van der Waals surface area contributed by atoms with E-state index in [2.05, 4.69) is 10.2 Å². The van der Waals surface area contributed by atoms with Gasteiger partial charge in [0.25, 0.3) is 0 Å². The summed E-state index contributed by atoms with van der Waals surface area (Å²) in [5.41, 5.74) is 0. The van der Waals surface area contributed by atoms with Crippen molar-refractivity contribution in [2.45, 2.75) is 18.9 Å². The van der Waals surface area contributed by atoms with Gasteiger partial charge in [-0.05, 0) is 12.8 Å². The topological polar surface area (TPSA) is 82.1 Å². The molecular formula is C12H21N3O4. The summed E-state index contributed by atoms with van der Waals surface area (Å²) in [5, 5.41) is 11.8. The second-order valence-electron chi connectivity index (χ2n) is 4.88. The average molecular weight is 271 g/mol. The van der Waals surface area contributed by atoms with Crippen LogP contribution in [-0.4, -0.2) is 78.9 Å². The van der Waals surface area contributed by atoms with Crippen molar-refractivity contribution in [3.8, 4) is 0 Å². The van der Waals surface area contributed by atoms with Crippen molar-refractivity contribution < 1.29 is 19.4 Å². The minimum atomic E-state index is -0.916. The zero-order chi connectivity index (χ0) is 13.7. The van der Waals surface area contributed by atoms with E-state index < -0.39 is 12.0 Å². The lowest BCUT2D eigenvalue weighted by atomic mass is 10.2. The third-order valence-electron chi connectivity index (χ3n) is 3.61.